The summed E-state index contributed by atoms with van der Waals surface area (Å²) in [5.41, 5.74) is 1.57. The highest BCUT2D eigenvalue weighted by Gasteiger charge is 2.09. The summed E-state index contributed by atoms with van der Waals surface area (Å²) in [6.45, 7) is 0.330. The standard InChI is InChI=1S/C16H11BrCl2O3/c17-12-4-1-10(2-5-12)9-22-16-13(18)7-11(8-14(16)19)3-6-15(20)21/h1-8H,9H2,(H,20,21). The monoisotopic (exact) mass is 400 g/mol. The molecule has 0 saturated carbocycles. The first-order chi connectivity index (χ1) is 10.5. The molecule has 0 atom stereocenters. The van der Waals surface area contributed by atoms with Crippen LogP contribution >= 0.6 is 39.1 Å². The maximum absolute atomic E-state index is 10.5. The number of rotatable bonds is 5. The highest BCUT2D eigenvalue weighted by Crippen LogP contribution is 2.35. The van der Waals surface area contributed by atoms with Gasteiger partial charge in [0.25, 0.3) is 0 Å². The lowest BCUT2D eigenvalue weighted by Crippen LogP contribution is -1.97. The van der Waals surface area contributed by atoms with Crippen molar-refractivity contribution in [2.45, 2.75) is 6.61 Å². The van der Waals surface area contributed by atoms with E-state index in [-0.39, 0.29) is 0 Å². The molecule has 0 spiro atoms. The molecule has 0 aliphatic heterocycles. The molecule has 6 heteroatoms. The Kier molecular flexibility index (Phi) is 5.89. The van der Waals surface area contributed by atoms with E-state index in [0.717, 1.165) is 16.1 Å². The van der Waals surface area contributed by atoms with Crippen molar-refractivity contribution in [3.05, 3.63) is 68.1 Å². The summed E-state index contributed by atoms with van der Waals surface area (Å²) in [4.78, 5) is 10.5. The third-order valence-corrected chi connectivity index (χ3v) is 3.83. The van der Waals surface area contributed by atoms with Crippen molar-refractivity contribution in [2.24, 2.45) is 0 Å². The Bertz CT molecular complexity index is 689. The zero-order valence-corrected chi connectivity index (χ0v) is 14.3. The number of carboxylic acids is 1. The predicted octanol–water partition coefficient (Wildman–Crippen LogP) is 5.43. The van der Waals surface area contributed by atoms with Gasteiger partial charge in [0.15, 0.2) is 5.75 Å². The average molecular weight is 402 g/mol. The first-order valence-corrected chi connectivity index (χ1v) is 7.78. The maximum Gasteiger partial charge on any atom is 0.328 e. The van der Waals surface area contributed by atoms with E-state index in [9.17, 15) is 4.79 Å². The molecule has 1 N–H and O–H groups in total. The van der Waals surface area contributed by atoms with Gasteiger partial charge in [-0.3, -0.25) is 0 Å². The van der Waals surface area contributed by atoms with Crippen LogP contribution in [-0.4, -0.2) is 11.1 Å². The van der Waals surface area contributed by atoms with Crippen LogP contribution in [0.1, 0.15) is 11.1 Å². The maximum atomic E-state index is 10.5. The van der Waals surface area contributed by atoms with Crippen LogP contribution in [0.5, 0.6) is 5.75 Å². The molecular weight excluding hydrogens is 391 g/mol. The van der Waals surface area contributed by atoms with Gasteiger partial charge in [-0.2, -0.15) is 0 Å². The van der Waals surface area contributed by atoms with Crippen molar-refractivity contribution in [1.82, 2.24) is 0 Å². The zero-order valence-electron chi connectivity index (χ0n) is 11.2. The fraction of sp³-hybridized carbons (Fsp3) is 0.0625. The van der Waals surface area contributed by atoms with E-state index < -0.39 is 5.97 Å². The molecule has 0 aliphatic rings. The van der Waals surface area contributed by atoms with Gasteiger partial charge in [-0.25, -0.2) is 4.79 Å². The van der Waals surface area contributed by atoms with Crippen LogP contribution in [0.15, 0.2) is 46.9 Å². The minimum Gasteiger partial charge on any atom is -0.486 e. The Morgan fingerprint density at radius 1 is 1.18 bits per heavy atom. The quantitative estimate of drug-likeness (QED) is 0.679. The number of carboxylic acid groups (broad SMARTS) is 1. The number of hydrogen-bond donors (Lipinski definition) is 1. The molecule has 2 aromatic rings. The molecule has 2 rings (SSSR count). The lowest BCUT2D eigenvalue weighted by molar-refractivity contribution is -0.131. The van der Waals surface area contributed by atoms with Gasteiger partial charge in [-0.05, 0) is 41.5 Å². The second-order valence-corrected chi connectivity index (χ2v) is 6.13. The van der Waals surface area contributed by atoms with E-state index in [2.05, 4.69) is 15.9 Å². The lowest BCUT2D eigenvalue weighted by atomic mass is 10.2. The summed E-state index contributed by atoms with van der Waals surface area (Å²) in [6, 6.07) is 10.9. The summed E-state index contributed by atoms with van der Waals surface area (Å²) in [7, 11) is 0. The summed E-state index contributed by atoms with van der Waals surface area (Å²) in [6.07, 6.45) is 2.43. The number of aliphatic carboxylic acids is 1. The van der Waals surface area contributed by atoms with Crippen LogP contribution in [0.2, 0.25) is 10.0 Å². The van der Waals surface area contributed by atoms with Gasteiger partial charge < -0.3 is 9.84 Å². The number of halogens is 3. The topological polar surface area (TPSA) is 46.5 Å². The molecule has 0 saturated heterocycles. The fourth-order valence-electron chi connectivity index (χ4n) is 1.72. The molecular formula is C16H11BrCl2O3. The van der Waals surface area contributed by atoms with Gasteiger partial charge in [-0.1, -0.05) is 51.3 Å². The van der Waals surface area contributed by atoms with E-state index >= 15 is 0 Å². The van der Waals surface area contributed by atoms with Crippen LogP contribution in [-0.2, 0) is 11.4 Å². The third kappa shape index (κ3) is 4.77. The van der Waals surface area contributed by atoms with E-state index in [1.807, 2.05) is 24.3 Å². The molecule has 0 fully saturated rings. The Labute approximate surface area is 146 Å². The van der Waals surface area contributed by atoms with Crippen molar-refractivity contribution >= 4 is 51.2 Å². The van der Waals surface area contributed by atoms with E-state index in [1.165, 1.54) is 6.08 Å². The minimum absolute atomic E-state index is 0.328. The Balaban J connectivity index is 2.14. The van der Waals surface area contributed by atoms with Crippen molar-refractivity contribution in [3.8, 4) is 5.75 Å². The van der Waals surface area contributed by atoms with E-state index in [4.69, 9.17) is 33.0 Å². The molecule has 0 bridgehead atoms. The minimum atomic E-state index is -1.04. The zero-order chi connectivity index (χ0) is 16.1. The van der Waals surface area contributed by atoms with Crippen LogP contribution in [0.4, 0.5) is 0 Å². The highest BCUT2D eigenvalue weighted by atomic mass is 79.9. The average Bonchev–Trinajstić information content (AvgIpc) is 2.46. The van der Waals surface area contributed by atoms with Gasteiger partial charge in [-0.15, -0.1) is 0 Å². The van der Waals surface area contributed by atoms with Crippen LogP contribution in [0, 0.1) is 0 Å². The normalized spacial score (nSPS) is 10.9. The Morgan fingerprint density at radius 2 is 1.77 bits per heavy atom. The van der Waals surface area contributed by atoms with Gasteiger partial charge >= 0.3 is 5.97 Å². The summed E-state index contributed by atoms with van der Waals surface area (Å²) >= 11 is 15.7. The van der Waals surface area contributed by atoms with Gasteiger partial charge in [0, 0.05) is 10.5 Å². The largest absolute Gasteiger partial charge is 0.486 e. The van der Waals surface area contributed by atoms with Crippen LogP contribution in [0.3, 0.4) is 0 Å². The fourth-order valence-corrected chi connectivity index (χ4v) is 2.59. The van der Waals surface area contributed by atoms with Crippen molar-refractivity contribution in [2.75, 3.05) is 0 Å². The molecule has 0 unspecified atom stereocenters. The molecule has 0 radical (unpaired) electrons. The molecule has 114 valence electrons. The van der Waals surface area contributed by atoms with E-state index in [0.29, 0.717) is 28.0 Å². The number of ether oxygens (including phenoxy) is 1. The number of carbonyl (C=O) groups is 1. The second-order valence-electron chi connectivity index (χ2n) is 4.40. The van der Waals surface area contributed by atoms with E-state index in [1.54, 1.807) is 12.1 Å². The van der Waals surface area contributed by atoms with Gasteiger partial charge in [0.05, 0.1) is 10.0 Å². The molecule has 2 aromatic carbocycles. The number of benzene rings is 2. The van der Waals surface area contributed by atoms with Gasteiger partial charge in [0.2, 0.25) is 0 Å². The van der Waals surface area contributed by atoms with Gasteiger partial charge in [0.1, 0.15) is 6.61 Å². The van der Waals surface area contributed by atoms with Crippen molar-refractivity contribution in [1.29, 1.82) is 0 Å². The van der Waals surface area contributed by atoms with Crippen LogP contribution in [0.25, 0.3) is 6.08 Å². The summed E-state index contributed by atoms with van der Waals surface area (Å²) in [5, 5.41) is 9.27. The Morgan fingerprint density at radius 3 is 2.32 bits per heavy atom. The second kappa shape index (κ2) is 7.68. The predicted molar refractivity (Wildman–Crippen MR) is 91.6 cm³/mol. The first kappa shape index (κ1) is 16.9. The first-order valence-electron chi connectivity index (χ1n) is 6.23. The molecule has 0 amide bonds. The molecule has 3 nitrogen and oxygen atoms in total. The van der Waals surface area contributed by atoms with Crippen LogP contribution < -0.4 is 4.74 Å². The smallest absolute Gasteiger partial charge is 0.328 e. The molecule has 0 aliphatic carbocycles. The van der Waals surface area contributed by atoms with Crippen molar-refractivity contribution in [3.63, 3.8) is 0 Å². The Hall–Kier alpha value is -1.49. The third-order valence-electron chi connectivity index (χ3n) is 2.74. The highest BCUT2D eigenvalue weighted by molar-refractivity contribution is 9.10. The van der Waals surface area contributed by atoms with Crippen molar-refractivity contribution < 1.29 is 14.6 Å². The summed E-state index contributed by atoms with van der Waals surface area (Å²) in [5.74, 6) is -0.665. The lowest BCUT2D eigenvalue weighted by Gasteiger charge is -2.11. The number of hydrogen-bond acceptors (Lipinski definition) is 2. The molecule has 0 aromatic heterocycles. The SMILES string of the molecule is O=C(O)C=Cc1cc(Cl)c(OCc2ccc(Br)cc2)c(Cl)c1. The molecule has 22 heavy (non-hydrogen) atoms. The summed E-state index contributed by atoms with van der Waals surface area (Å²) < 4.78 is 6.64. The molecule has 0 heterocycles.